The maximum Gasteiger partial charge on any atom is 0.283 e. The highest BCUT2D eigenvalue weighted by molar-refractivity contribution is 5.73. The number of H-pyrrole nitrogens is 1. The van der Waals surface area contributed by atoms with Crippen molar-refractivity contribution in [2.75, 3.05) is 13.2 Å². The lowest BCUT2D eigenvalue weighted by molar-refractivity contribution is -0.750. The van der Waals surface area contributed by atoms with Gasteiger partial charge in [0.15, 0.2) is 12.4 Å². The first-order chi connectivity index (χ1) is 17.1. The molecule has 6 heterocycles. The molecule has 0 saturated carbocycles. The third-order valence-electron chi connectivity index (χ3n) is 5.79. The van der Waals surface area contributed by atoms with Crippen molar-refractivity contribution in [3.63, 3.8) is 0 Å². The first-order valence-electron chi connectivity index (χ1n) is 10.9. The van der Waals surface area contributed by atoms with Crippen LogP contribution in [-0.2, 0) is 13.1 Å². The van der Waals surface area contributed by atoms with Gasteiger partial charge < -0.3 is 10.2 Å². The van der Waals surface area contributed by atoms with Crippen LogP contribution in [0.4, 0.5) is 0 Å². The monoisotopic (exact) mass is 473 g/mol. The zero-order chi connectivity index (χ0) is 23.9. The largest absolute Gasteiger partial charge is 0.394 e. The molecule has 0 unspecified atom stereocenters. The van der Waals surface area contributed by atoms with Gasteiger partial charge >= 0.3 is 0 Å². The smallest absolute Gasteiger partial charge is 0.283 e. The first-order valence-corrected chi connectivity index (χ1v) is 10.9. The molecule has 0 amide bonds. The molecule has 3 N–H and O–H groups in total. The number of nitrogens with zero attached hydrogens (tertiary/aromatic N) is 9. The van der Waals surface area contributed by atoms with Gasteiger partial charge in [0, 0.05) is 35.3 Å². The van der Waals surface area contributed by atoms with E-state index in [0.717, 1.165) is 22.3 Å². The van der Waals surface area contributed by atoms with Crippen molar-refractivity contribution < 1.29 is 14.9 Å². The number of rotatable bonds is 7. The Morgan fingerprint density at radius 1 is 0.914 bits per heavy atom. The quantitative estimate of drug-likeness (QED) is 0.269. The van der Waals surface area contributed by atoms with Crippen LogP contribution in [0.15, 0.2) is 66.8 Å². The summed E-state index contributed by atoms with van der Waals surface area (Å²) in [7, 11) is 0. The van der Waals surface area contributed by atoms with E-state index in [9.17, 15) is 4.79 Å². The van der Waals surface area contributed by atoms with Crippen LogP contribution in [0.5, 0.6) is 0 Å². The Kier molecular flexibility index (Phi) is 4.97. The topological polar surface area (TPSA) is 147 Å². The van der Waals surface area contributed by atoms with Gasteiger partial charge in [-0.2, -0.15) is 20.4 Å². The van der Waals surface area contributed by atoms with Crippen LogP contribution in [0.3, 0.4) is 0 Å². The molecule has 13 heteroatoms. The summed E-state index contributed by atoms with van der Waals surface area (Å²) in [6, 6.07) is 3.66. The van der Waals surface area contributed by atoms with Gasteiger partial charge in [-0.15, -0.1) is 4.68 Å². The zero-order valence-electron chi connectivity index (χ0n) is 18.4. The predicted octanol–water partition coefficient (Wildman–Crippen LogP) is -0.341. The van der Waals surface area contributed by atoms with E-state index in [0.29, 0.717) is 29.9 Å². The minimum Gasteiger partial charge on any atom is -0.394 e. The number of aliphatic hydroxyl groups excluding tert-OH is 2. The molecular formula is C22H21N10O3+. The third-order valence-corrected chi connectivity index (χ3v) is 5.79. The molecule has 13 nitrogen and oxygen atoms in total. The Bertz CT molecular complexity index is 1720. The summed E-state index contributed by atoms with van der Waals surface area (Å²) in [4.78, 5) is 17.8. The van der Waals surface area contributed by atoms with E-state index in [4.69, 9.17) is 10.2 Å². The van der Waals surface area contributed by atoms with E-state index in [1.54, 1.807) is 32.3 Å². The number of aromatic nitrogens is 10. The van der Waals surface area contributed by atoms with Gasteiger partial charge in [-0.1, -0.05) is 0 Å². The molecule has 0 aliphatic heterocycles. The van der Waals surface area contributed by atoms with Gasteiger partial charge in [0.25, 0.3) is 5.56 Å². The average molecular weight is 473 g/mol. The van der Waals surface area contributed by atoms with Gasteiger partial charge in [-0.3, -0.25) is 9.48 Å². The summed E-state index contributed by atoms with van der Waals surface area (Å²) < 4.78 is 8.01. The number of nitrogens with one attached hydrogen (secondary N) is 1. The molecule has 35 heavy (non-hydrogen) atoms. The number of aromatic amines is 1. The van der Waals surface area contributed by atoms with Crippen LogP contribution >= 0.6 is 0 Å². The normalized spacial score (nSPS) is 11.7. The van der Waals surface area contributed by atoms with E-state index in [-0.39, 0.29) is 18.8 Å². The second-order valence-electron chi connectivity index (χ2n) is 8.00. The minimum atomic E-state index is -0.278. The zero-order valence-corrected chi connectivity index (χ0v) is 18.4. The fourth-order valence-electron chi connectivity index (χ4n) is 4.09. The lowest BCUT2D eigenvalue weighted by Crippen LogP contribution is -2.36. The van der Waals surface area contributed by atoms with Crippen molar-refractivity contribution in [2.24, 2.45) is 0 Å². The summed E-state index contributed by atoms with van der Waals surface area (Å²) in [5.41, 5.74) is 4.15. The fraction of sp³-hybridized carbons (Fsp3) is 0.182. The van der Waals surface area contributed by atoms with Gasteiger partial charge in [-0.05, 0) is 12.1 Å². The molecule has 0 bridgehead atoms. The van der Waals surface area contributed by atoms with Crippen molar-refractivity contribution in [3.8, 4) is 28.1 Å². The highest BCUT2D eigenvalue weighted by Crippen LogP contribution is 2.24. The Labute approximate surface area is 196 Å². The van der Waals surface area contributed by atoms with Crippen LogP contribution in [0.2, 0.25) is 0 Å². The van der Waals surface area contributed by atoms with Crippen LogP contribution in [0.1, 0.15) is 0 Å². The van der Waals surface area contributed by atoms with E-state index >= 15 is 0 Å². The van der Waals surface area contributed by atoms with Crippen molar-refractivity contribution in [1.82, 2.24) is 43.7 Å². The molecule has 0 atom stereocenters. The molecule has 0 radical (unpaired) electrons. The van der Waals surface area contributed by atoms with E-state index in [1.807, 2.05) is 30.9 Å². The predicted molar refractivity (Wildman–Crippen MR) is 123 cm³/mol. The molecule has 6 aromatic heterocycles. The van der Waals surface area contributed by atoms with Gasteiger partial charge in [0.1, 0.15) is 30.3 Å². The molecular weight excluding hydrogens is 452 g/mol. The maximum absolute atomic E-state index is 13.4. The second kappa shape index (κ2) is 8.30. The summed E-state index contributed by atoms with van der Waals surface area (Å²) >= 11 is 0. The van der Waals surface area contributed by atoms with Crippen LogP contribution in [0.25, 0.3) is 39.1 Å². The molecule has 0 spiro atoms. The molecule has 0 aliphatic carbocycles. The summed E-state index contributed by atoms with van der Waals surface area (Å²) in [6.45, 7) is 0.877. The Balaban J connectivity index is 1.42. The van der Waals surface area contributed by atoms with E-state index < -0.39 is 0 Å². The molecule has 0 aromatic carbocycles. The highest BCUT2D eigenvalue weighted by atomic mass is 16.3. The molecule has 176 valence electrons. The summed E-state index contributed by atoms with van der Waals surface area (Å²) in [6.07, 6.45) is 13.7. The number of hydrogen-bond acceptors (Lipinski definition) is 7. The van der Waals surface area contributed by atoms with Crippen molar-refractivity contribution in [1.29, 1.82) is 0 Å². The van der Waals surface area contributed by atoms with Crippen LogP contribution < -0.4 is 10.2 Å². The molecule has 6 rings (SSSR count). The van der Waals surface area contributed by atoms with Crippen molar-refractivity contribution in [2.45, 2.75) is 13.1 Å². The van der Waals surface area contributed by atoms with Crippen molar-refractivity contribution >= 4 is 11.0 Å². The highest BCUT2D eigenvalue weighted by Gasteiger charge is 2.16. The van der Waals surface area contributed by atoms with Crippen LogP contribution in [-0.4, -0.2) is 67.1 Å². The first kappa shape index (κ1) is 20.9. The fourth-order valence-corrected chi connectivity index (χ4v) is 4.09. The third kappa shape index (κ3) is 3.59. The van der Waals surface area contributed by atoms with E-state index in [2.05, 4.69) is 25.4 Å². The SMILES string of the molecule is O=c1c2cc(-c3cnn(CCO)c3)cn2ncn1-c1ncnn2cc(-c3c[nH][n+](CCO)c3)cc12. The Morgan fingerprint density at radius 3 is 2.54 bits per heavy atom. The van der Waals surface area contributed by atoms with E-state index in [1.165, 1.54) is 21.7 Å². The summed E-state index contributed by atoms with van der Waals surface area (Å²) in [5.74, 6) is 0.406. The lowest BCUT2D eigenvalue weighted by atomic mass is 10.2. The second-order valence-corrected chi connectivity index (χ2v) is 8.00. The lowest BCUT2D eigenvalue weighted by Gasteiger charge is -2.05. The summed E-state index contributed by atoms with van der Waals surface area (Å²) in [5, 5.41) is 34.3. The Hall–Kier alpha value is -4.62. The number of fused-ring (bicyclic) bond motifs is 2. The van der Waals surface area contributed by atoms with Gasteiger partial charge in [0.05, 0.1) is 31.1 Å². The van der Waals surface area contributed by atoms with Gasteiger partial charge in [0.2, 0.25) is 6.20 Å². The standard InChI is InChI=1S/C22H20N10O3/c33-3-1-28-9-17(7-24-28)15-5-19-21(23-13-26-31(19)11-15)30-14-27-32-12-16(6-20(32)22(30)35)18-8-25-29(10-18)2-4-34/h5-14,33-34H,1-4H2/p+1. The van der Waals surface area contributed by atoms with Crippen LogP contribution in [0, 0.1) is 0 Å². The molecule has 0 saturated heterocycles. The molecule has 0 aliphatic rings. The van der Waals surface area contributed by atoms with Crippen molar-refractivity contribution in [3.05, 3.63) is 72.3 Å². The molecule has 0 fully saturated rings. The number of hydrogen-bond donors (Lipinski definition) is 3. The van der Waals surface area contributed by atoms with Gasteiger partial charge in [-0.25, -0.2) is 18.6 Å². The maximum atomic E-state index is 13.4. The number of aliphatic hydroxyl groups is 2. The minimum absolute atomic E-state index is 0.00722. The Morgan fingerprint density at radius 2 is 1.71 bits per heavy atom. The molecule has 6 aromatic rings. The average Bonchev–Trinajstić information content (AvgIpc) is 3.64.